The van der Waals surface area contributed by atoms with Crippen molar-refractivity contribution in [1.82, 2.24) is 4.90 Å². The number of hydrogen-bond acceptors (Lipinski definition) is 4. The van der Waals surface area contributed by atoms with Crippen molar-refractivity contribution in [3.63, 3.8) is 0 Å². The summed E-state index contributed by atoms with van der Waals surface area (Å²) in [5.74, 6) is 3.05. The Morgan fingerprint density at radius 3 is 2.17 bits per heavy atom. The molecule has 0 spiro atoms. The molecule has 4 nitrogen and oxygen atoms in total. The zero-order chi connectivity index (χ0) is 24.6. The molecule has 1 atom stereocenters. The predicted molar refractivity (Wildman–Crippen MR) is 135 cm³/mol. The maximum atomic E-state index is 13.7. The minimum absolute atomic E-state index is 0.0820. The van der Waals surface area contributed by atoms with E-state index in [9.17, 15) is 13.2 Å². The first-order valence-corrected chi connectivity index (χ1v) is 13.4. The molecule has 4 saturated carbocycles. The largest absolute Gasteiger partial charge is 0.416 e. The molecule has 1 aromatic carbocycles. The number of hydrogen-bond donors (Lipinski definition) is 0. The van der Waals surface area contributed by atoms with Gasteiger partial charge in [-0.2, -0.15) is 13.2 Å². The molecule has 0 radical (unpaired) electrons. The number of halogens is 3. The first kappa shape index (κ1) is 23.9. The van der Waals surface area contributed by atoms with Gasteiger partial charge in [0.05, 0.1) is 35.3 Å². The fourth-order valence-electron chi connectivity index (χ4n) is 8.04. The summed E-state index contributed by atoms with van der Waals surface area (Å²) in [4.78, 5) is 10.5. The number of alkyl halides is 3. The van der Waals surface area contributed by atoms with Gasteiger partial charge in [0, 0.05) is 24.2 Å². The van der Waals surface area contributed by atoms with Gasteiger partial charge < -0.3 is 4.74 Å². The molecule has 4 bridgehead atoms. The van der Waals surface area contributed by atoms with Crippen LogP contribution in [0.2, 0.25) is 0 Å². The fourth-order valence-corrected chi connectivity index (χ4v) is 8.35. The van der Waals surface area contributed by atoms with Gasteiger partial charge in [0.2, 0.25) is 0 Å². The van der Waals surface area contributed by atoms with Crippen LogP contribution in [-0.4, -0.2) is 53.6 Å². The second-order valence-electron chi connectivity index (χ2n) is 12.1. The van der Waals surface area contributed by atoms with Crippen LogP contribution < -0.4 is 4.90 Å². The molecular weight excluding hydrogens is 471 g/mol. The van der Waals surface area contributed by atoms with Gasteiger partial charge in [0.25, 0.3) is 0 Å². The number of aliphatic imine (C=N–C) groups is 1. The predicted octanol–water partition coefficient (Wildman–Crippen LogP) is 5.95. The van der Waals surface area contributed by atoms with Crippen LogP contribution >= 0.6 is 12.2 Å². The molecule has 4 aliphatic carbocycles. The first-order valence-electron chi connectivity index (χ1n) is 13.0. The van der Waals surface area contributed by atoms with E-state index in [4.69, 9.17) is 21.9 Å². The lowest BCUT2D eigenvalue weighted by Crippen LogP contribution is -2.54. The Labute approximate surface area is 210 Å². The molecule has 0 N–H and O–H groups in total. The number of nitrogens with zero attached hydrogens (tertiary/aromatic N) is 3. The lowest BCUT2D eigenvalue weighted by atomic mass is 9.53. The standard InChI is InChI=1S/C27H34F3N3OS/c1-25(2)22(32-6-8-34-9-7-32)23(31-26-14-17-10-18(15-26)12-19(11-17)16-26)33(24(25)35)21-5-3-4-20(13-21)27(28,29)30/h3-5,13,17-19,22H,6-12,14-16H2,1-2H3/t17?,18?,19?,22-,26?/m0/s1. The van der Waals surface area contributed by atoms with Crippen molar-refractivity contribution in [2.45, 2.75) is 70.1 Å². The van der Waals surface area contributed by atoms with Gasteiger partial charge in [-0.1, -0.05) is 32.1 Å². The number of ether oxygens (including phenoxy) is 1. The van der Waals surface area contributed by atoms with Gasteiger partial charge in [-0.3, -0.25) is 14.8 Å². The van der Waals surface area contributed by atoms with Crippen molar-refractivity contribution < 1.29 is 17.9 Å². The second kappa shape index (κ2) is 8.25. The molecule has 2 aliphatic heterocycles. The molecule has 2 heterocycles. The Hall–Kier alpha value is -1.51. The van der Waals surface area contributed by atoms with Crippen LogP contribution in [0.1, 0.15) is 57.9 Å². The van der Waals surface area contributed by atoms with Gasteiger partial charge in [0.15, 0.2) is 0 Å². The van der Waals surface area contributed by atoms with E-state index in [1.807, 2.05) is 4.90 Å². The molecule has 0 aromatic heterocycles. The Bertz CT molecular complexity index is 1010. The van der Waals surface area contributed by atoms with Crippen LogP contribution in [0.15, 0.2) is 29.3 Å². The number of benzene rings is 1. The summed E-state index contributed by atoms with van der Waals surface area (Å²) >= 11 is 6.03. The summed E-state index contributed by atoms with van der Waals surface area (Å²) < 4.78 is 46.6. The lowest BCUT2D eigenvalue weighted by Gasteiger charge is -2.55. The summed E-state index contributed by atoms with van der Waals surface area (Å²) in [5, 5.41) is 0. The van der Waals surface area contributed by atoms with Gasteiger partial charge in [-0.25, -0.2) is 0 Å². The normalized spacial score (nSPS) is 38.0. The van der Waals surface area contributed by atoms with E-state index in [1.54, 1.807) is 6.07 Å². The highest BCUT2D eigenvalue weighted by Crippen LogP contribution is 2.58. The molecule has 8 heteroatoms. The third kappa shape index (κ3) is 4.04. The van der Waals surface area contributed by atoms with Gasteiger partial charge >= 0.3 is 6.18 Å². The highest BCUT2D eigenvalue weighted by atomic mass is 32.1. The van der Waals surface area contributed by atoms with Crippen molar-refractivity contribution in [3.05, 3.63) is 29.8 Å². The molecule has 2 saturated heterocycles. The van der Waals surface area contributed by atoms with Gasteiger partial charge in [-0.15, -0.1) is 0 Å². The third-order valence-electron chi connectivity index (χ3n) is 9.11. The van der Waals surface area contributed by atoms with Gasteiger partial charge in [-0.05, 0) is 74.5 Å². The summed E-state index contributed by atoms with van der Waals surface area (Å²) in [6, 6.07) is 5.51. The monoisotopic (exact) mass is 505 g/mol. The molecule has 0 amide bonds. The van der Waals surface area contributed by atoms with E-state index in [1.165, 1.54) is 31.4 Å². The molecule has 6 aliphatic rings. The van der Waals surface area contributed by atoms with Crippen LogP contribution in [0, 0.1) is 23.2 Å². The van der Waals surface area contributed by atoms with E-state index in [2.05, 4.69) is 18.7 Å². The number of thiocarbonyl (C=S) groups is 1. The van der Waals surface area contributed by atoms with E-state index >= 15 is 0 Å². The zero-order valence-corrected chi connectivity index (χ0v) is 21.3. The number of rotatable bonds is 3. The van der Waals surface area contributed by atoms with E-state index in [0.717, 1.165) is 62.0 Å². The maximum Gasteiger partial charge on any atom is 0.416 e. The Kier molecular flexibility index (Phi) is 5.63. The van der Waals surface area contributed by atoms with Crippen molar-refractivity contribution in [3.8, 4) is 0 Å². The summed E-state index contributed by atoms with van der Waals surface area (Å²) in [6.07, 6.45) is 2.84. The topological polar surface area (TPSA) is 28.1 Å². The first-order chi connectivity index (χ1) is 16.6. The summed E-state index contributed by atoms with van der Waals surface area (Å²) in [6.45, 7) is 7.08. The van der Waals surface area contributed by atoms with Crippen molar-refractivity contribution in [1.29, 1.82) is 0 Å². The van der Waals surface area contributed by atoms with E-state index in [-0.39, 0.29) is 11.6 Å². The second-order valence-corrected chi connectivity index (χ2v) is 12.5. The maximum absolute atomic E-state index is 13.7. The van der Waals surface area contributed by atoms with Crippen molar-refractivity contribution >= 4 is 28.7 Å². The highest BCUT2D eigenvalue weighted by Gasteiger charge is 2.56. The molecule has 1 aromatic rings. The number of amidine groups is 1. The Morgan fingerprint density at radius 1 is 1.00 bits per heavy atom. The van der Waals surface area contributed by atoms with E-state index < -0.39 is 17.2 Å². The van der Waals surface area contributed by atoms with Crippen molar-refractivity contribution in [2.24, 2.45) is 28.2 Å². The minimum atomic E-state index is -4.41. The Morgan fingerprint density at radius 2 is 1.60 bits per heavy atom. The number of anilines is 1. The van der Waals surface area contributed by atoms with Crippen LogP contribution in [0.3, 0.4) is 0 Å². The smallest absolute Gasteiger partial charge is 0.379 e. The molecule has 190 valence electrons. The van der Waals surface area contributed by atoms with Crippen LogP contribution in [-0.2, 0) is 10.9 Å². The highest BCUT2D eigenvalue weighted by molar-refractivity contribution is 7.80. The van der Waals surface area contributed by atoms with Crippen LogP contribution in [0.25, 0.3) is 0 Å². The van der Waals surface area contributed by atoms with E-state index in [0.29, 0.717) is 23.9 Å². The lowest BCUT2D eigenvalue weighted by molar-refractivity contribution is -0.137. The molecule has 7 rings (SSSR count). The fraction of sp³-hybridized carbons (Fsp3) is 0.704. The number of morpholine rings is 1. The van der Waals surface area contributed by atoms with Gasteiger partial charge in [0.1, 0.15) is 5.84 Å². The Balaban J connectivity index is 1.48. The zero-order valence-electron chi connectivity index (χ0n) is 20.5. The third-order valence-corrected chi connectivity index (χ3v) is 9.82. The average molecular weight is 506 g/mol. The average Bonchev–Trinajstić information content (AvgIpc) is 2.97. The summed E-state index contributed by atoms with van der Waals surface area (Å²) in [5.41, 5.74) is -0.733. The molecular formula is C27H34F3N3OS. The molecule has 6 fully saturated rings. The molecule has 35 heavy (non-hydrogen) atoms. The van der Waals surface area contributed by atoms with Crippen LogP contribution in [0.5, 0.6) is 0 Å². The van der Waals surface area contributed by atoms with Crippen molar-refractivity contribution in [2.75, 3.05) is 31.2 Å². The minimum Gasteiger partial charge on any atom is -0.379 e. The SMILES string of the molecule is CC1(C)C(=S)N(c2cccc(C(F)(F)F)c2)C(=NC23CC4CC(CC(C4)C2)C3)[C@@H]1N1CCOCC1. The quantitative estimate of drug-likeness (QED) is 0.475. The van der Waals surface area contributed by atoms with Crippen LogP contribution in [0.4, 0.5) is 18.9 Å². The molecule has 0 unspecified atom stereocenters. The summed E-state index contributed by atoms with van der Waals surface area (Å²) in [7, 11) is 0.